The summed E-state index contributed by atoms with van der Waals surface area (Å²) in [4.78, 5) is 41.5. The maximum atomic E-state index is 13.9. The summed E-state index contributed by atoms with van der Waals surface area (Å²) in [6, 6.07) is 3.96. The van der Waals surface area contributed by atoms with E-state index in [-0.39, 0.29) is 23.8 Å². The Hall–Kier alpha value is -2.57. The largest absolute Gasteiger partial charge is 0.444 e. The number of hydrogen-bond donors (Lipinski definition) is 2. The Labute approximate surface area is 206 Å². The number of aryl methyl sites for hydroxylation is 2. The van der Waals surface area contributed by atoms with Gasteiger partial charge in [-0.15, -0.1) is 0 Å². The third-order valence-electron chi connectivity index (χ3n) is 5.49. The molecule has 0 fully saturated rings. The molecule has 0 saturated heterocycles. The van der Waals surface area contributed by atoms with Crippen molar-refractivity contribution in [3.8, 4) is 0 Å². The van der Waals surface area contributed by atoms with E-state index in [9.17, 15) is 14.4 Å². The monoisotopic (exact) mass is 475 g/mol. The van der Waals surface area contributed by atoms with Crippen molar-refractivity contribution in [1.82, 2.24) is 15.5 Å². The molecule has 0 aliphatic heterocycles. The van der Waals surface area contributed by atoms with Gasteiger partial charge in [-0.2, -0.15) is 0 Å². The van der Waals surface area contributed by atoms with Gasteiger partial charge in [-0.25, -0.2) is 4.79 Å². The molecule has 0 spiro atoms. The topological polar surface area (TPSA) is 87.7 Å². The van der Waals surface area contributed by atoms with Crippen LogP contribution in [-0.2, 0) is 14.3 Å². The van der Waals surface area contributed by atoms with Gasteiger partial charge >= 0.3 is 6.09 Å². The van der Waals surface area contributed by atoms with Crippen molar-refractivity contribution in [1.29, 1.82) is 0 Å². The lowest BCUT2D eigenvalue weighted by Gasteiger charge is -2.38. The lowest BCUT2D eigenvalue weighted by Crippen LogP contribution is -2.56. The summed E-state index contributed by atoms with van der Waals surface area (Å²) in [6.07, 6.45) is 1.16. The van der Waals surface area contributed by atoms with E-state index in [1.54, 1.807) is 25.7 Å². The van der Waals surface area contributed by atoms with Crippen LogP contribution in [0.4, 0.5) is 4.79 Å². The van der Waals surface area contributed by atoms with Crippen LogP contribution >= 0.6 is 0 Å². The third kappa shape index (κ3) is 8.65. The number of amides is 3. The number of hydrogen-bond acceptors (Lipinski definition) is 4. The molecular formula is C27H45N3O4. The van der Waals surface area contributed by atoms with E-state index in [1.165, 1.54) is 0 Å². The van der Waals surface area contributed by atoms with Crippen LogP contribution < -0.4 is 10.6 Å². The molecule has 1 aromatic carbocycles. The zero-order valence-electron chi connectivity index (χ0n) is 22.7. The average Bonchev–Trinajstić information content (AvgIpc) is 2.68. The number of carbonyl (C=O) groups excluding carboxylic acids is 3. The number of nitrogens with one attached hydrogen (secondary N) is 2. The highest BCUT2D eigenvalue weighted by molar-refractivity contribution is 5.92. The van der Waals surface area contributed by atoms with Gasteiger partial charge < -0.3 is 20.3 Å². The number of unbranched alkanes of at least 4 members (excludes halogenated alkanes) is 1. The van der Waals surface area contributed by atoms with Crippen molar-refractivity contribution in [2.75, 3.05) is 6.54 Å². The Kier molecular flexibility index (Phi) is 11.1. The predicted molar refractivity (Wildman–Crippen MR) is 137 cm³/mol. The van der Waals surface area contributed by atoms with E-state index in [0.717, 1.165) is 29.5 Å². The lowest BCUT2D eigenvalue weighted by molar-refractivity contribution is -0.145. The molecule has 1 aromatic rings. The van der Waals surface area contributed by atoms with Gasteiger partial charge in [-0.1, -0.05) is 51.0 Å². The average molecular weight is 476 g/mol. The lowest BCUT2D eigenvalue weighted by atomic mass is 9.94. The van der Waals surface area contributed by atoms with Crippen molar-refractivity contribution in [2.24, 2.45) is 5.92 Å². The number of nitrogens with zero attached hydrogens (tertiary/aromatic N) is 1. The number of carbonyl (C=O) groups is 3. The van der Waals surface area contributed by atoms with Gasteiger partial charge in [0.05, 0.1) is 0 Å². The standard InChI is InChI=1S/C27H45N3O4/c1-11-12-15-28-24(31)23(21-14-13-19(6)16-20(21)7)30(18(4)5)25(32)22(17(2)3)29-26(33)34-27(8,9)10/h13-14,16-18,22-23H,11-12,15H2,1-10H3,(H,28,31)(H,29,33). The Morgan fingerprint density at radius 3 is 2.15 bits per heavy atom. The molecule has 0 aliphatic rings. The highest BCUT2D eigenvalue weighted by atomic mass is 16.6. The molecule has 2 atom stereocenters. The summed E-state index contributed by atoms with van der Waals surface area (Å²) in [5.74, 6) is -0.738. The second-order valence-electron chi connectivity index (χ2n) is 10.6. The van der Waals surface area contributed by atoms with E-state index in [4.69, 9.17) is 4.74 Å². The van der Waals surface area contributed by atoms with Crippen molar-refractivity contribution >= 4 is 17.9 Å². The summed E-state index contributed by atoms with van der Waals surface area (Å²) < 4.78 is 5.40. The van der Waals surface area contributed by atoms with Gasteiger partial charge in [0.1, 0.15) is 17.7 Å². The predicted octanol–water partition coefficient (Wildman–Crippen LogP) is 5.05. The minimum absolute atomic E-state index is 0.204. The summed E-state index contributed by atoms with van der Waals surface area (Å²) in [5.41, 5.74) is 2.12. The van der Waals surface area contributed by atoms with Gasteiger partial charge in [-0.3, -0.25) is 9.59 Å². The van der Waals surface area contributed by atoms with Crippen LogP contribution in [0.1, 0.15) is 91.0 Å². The molecule has 0 radical (unpaired) electrons. The van der Waals surface area contributed by atoms with E-state index >= 15 is 0 Å². The normalized spacial score (nSPS) is 13.4. The summed E-state index contributed by atoms with van der Waals surface area (Å²) >= 11 is 0. The first-order valence-electron chi connectivity index (χ1n) is 12.4. The maximum absolute atomic E-state index is 13.9. The van der Waals surface area contributed by atoms with Gasteiger partial charge in [-0.05, 0) is 71.9 Å². The van der Waals surface area contributed by atoms with Crippen LogP contribution in [-0.4, -0.2) is 47.0 Å². The molecule has 7 heteroatoms. The second kappa shape index (κ2) is 12.8. The van der Waals surface area contributed by atoms with Gasteiger partial charge in [0.15, 0.2) is 0 Å². The number of benzene rings is 1. The molecule has 0 aromatic heterocycles. The first-order valence-corrected chi connectivity index (χ1v) is 12.4. The highest BCUT2D eigenvalue weighted by Gasteiger charge is 2.39. The van der Waals surface area contributed by atoms with E-state index in [1.807, 2.05) is 59.7 Å². The molecule has 2 unspecified atom stereocenters. The quantitative estimate of drug-likeness (QED) is 0.464. The molecule has 1 rings (SSSR count). The SMILES string of the molecule is CCCCNC(=O)C(c1ccc(C)cc1C)N(C(=O)C(NC(=O)OC(C)(C)C)C(C)C)C(C)C. The van der Waals surface area contributed by atoms with Crippen LogP contribution in [0.3, 0.4) is 0 Å². The smallest absolute Gasteiger partial charge is 0.408 e. The third-order valence-corrected chi connectivity index (χ3v) is 5.49. The Balaban J connectivity index is 3.45. The Morgan fingerprint density at radius 2 is 1.68 bits per heavy atom. The van der Waals surface area contributed by atoms with Crippen LogP contribution in [0.5, 0.6) is 0 Å². The van der Waals surface area contributed by atoms with Crippen LogP contribution in [0.2, 0.25) is 0 Å². The number of rotatable bonds is 10. The minimum Gasteiger partial charge on any atom is -0.444 e. The molecule has 34 heavy (non-hydrogen) atoms. The van der Waals surface area contributed by atoms with Crippen LogP contribution in [0.15, 0.2) is 18.2 Å². The molecule has 0 bridgehead atoms. The molecule has 192 valence electrons. The molecule has 0 aliphatic carbocycles. The zero-order chi connectivity index (χ0) is 26.2. The Bertz CT molecular complexity index is 843. The highest BCUT2D eigenvalue weighted by Crippen LogP contribution is 2.29. The molecular weight excluding hydrogens is 430 g/mol. The number of alkyl carbamates (subject to hydrolysis) is 1. The van der Waals surface area contributed by atoms with Crippen molar-refractivity contribution in [2.45, 2.75) is 106 Å². The summed E-state index contributed by atoms with van der Waals surface area (Å²) in [7, 11) is 0. The summed E-state index contributed by atoms with van der Waals surface area (Å²) in [6.45, 7) is 19.4. The molecule has 0 saturated carbocycles. The maximum Gasteiger partial charge on any atom is 0.408 e. The summed E-state index contributed by atoms with van der Waals surface area (Å²) in [5, 5.41) is 5.75. The van der Waals surface area contributed by atoms with Crippen molar-refractivity contribution < 1.29 is 19.1 Å². The fourth-order valence-electron chi connectivity index (χ4n) is 3.82. The fourth-order valence-corrected chi connectivity index (χ4v) is 3.82. The molecule has 0 heterocycles. The van der Waals surface area contributed by atoms with Crippen LogP contribution in [0.25, 0.3) is 0 Å². The minimum atomic E-state index is -0.839. The van der Waals surface area contributed by atoms with E-state index in [0.29, 0.717) is 6.54 Å². The second-order valence-corrected chi connectivity index (χ2v) is 10.6. The van der Waals surface area contributed by atoms with Gasteiger partial charge in [0, 0.05) is 12.6 Å². The zero-order valence-corrected chi connectivity index (χ0v) is 22.7. The van der Waals surface area contributed by atoms with Gasteiger partial charge in [0.25, 0.3) is 0 Å². The van der Waals surface area contributed by atoms with Crippen molar-refractivity contribution in [3.05, 3.63) is 34.9 Å². The molecule has 2 N–H and O–H groups in total. The molecule has 7 nitrogen and oxygen atoms in total. The van der Waals surface area contributed by atoms with E-state index < -0.39 is 23.8 Å². The van der Waals surface area contributed by atoms with Gasteiger partial charge in [0.2, 0.25) is 11.8 Å². The molecule has 3 amide bonds. The first-order chi connectivity index (χ1) is 15.7. The Morgan fingerprint density at radius 1 is 1.06 bits per heavy atom. The van der Waals surface area contributed by atoms with E-state index in [2.05, 4.69) is 17.6 Å². The first kappa shape index (κ1) is 29.5. The van der Waals surface area contributed by atoms with Crippen molar-refractivity contribution in [3.63, 3.8) is 0 Å². The number of ether oxygens (including phenoxy) is 1. The van der Waals surface area contributed by atoms with Crippen LogP contribution in [0, 0.1) is 19.8 Å². The fraction of sp³-hybridized carbons (Fsp3) is 0.667.